The molecule has 3 heterocycles. The van der Waals surface area contributed by atoms with Crippen molar-refractivity contribution in [3.05, 3.63) is 138 Å². The first kappa shape index (κ1) is 33.7. The van der Waals surface area contributed by atoms with Crippen molar-refractivity contribution in [2.75, 3.05) is 0 Å². The van der Waals surface area contributed by atoms with Crippen molar-refractivity contribution in [2.24, 2.45) is 0 Å². The quantitative estimate of drug-likeness (QED) is 0.123. The van der Waals surface area contributed by atoms with Crippen LogP contribution in [0.25, 0.3) is 53.8 Å². The van der Waals surface area contributed by atoms with Crippen molar-refractivity contribution in [2.45, 2.75) is 66.0 Å². The molecule has 5 heteroatoms. The first-order valence-electron chi connectivity index (χ1n) is 17.5. The fourth-order valence-electron chi connectivity index (χ4n) is 6.11. The minimum Gasteiger partial charge on any atom is -0.305 e. The van der Waals surface area contributed by atoms with Crippen LogP contribution in [0.4, 0.5) is 0 Å². The molecule has 0 spiro atoms. The van der Waals surface area contributed by atoms with Crippen LogP contribution in [0.3, 0.4) is 0 Å². The standard InChI is InChI=1S/C29H26NS.C15H18NSi.Ir/c1-18(2)21-13-14-30-26(16-21)23-11-8-12-24-28-25(20-9-6-5-7-10-20)15-22(19(3)4)17-27(28)31-29(23)24;1-12-10-14(13-8-6-5-7-9-13)16-11-15(12)17(2,3)4;/h5-10,12-19H,1-4H3;5-8,10-11H,1-4H3;/q2*-1;/i18D,19D;;. The number of aromatic nitrogens is 2. The fourth-order valence-corrected chi connectivity index (χ4v) is 9.09. The molecule has 0 N–H and O–H groups in total. The average molecular weight is 855 g/mol. The summed E-state index contributed by atoms with van der Waals surface area (Å²) >= 11 is 1.73. The van der Waals surface area contributed by atoms with E-state index in [0.717, 1.165) is 49.5 Å². The van der Waals surface area contributed by atoms with Gasteiger partial charge in [-0.1, -0.05) is 112 Å². The minimum atomic E-state index is -1.27. The Morgan fingerprint density at radius 1 is 0.755 bits per heavy atom. The van der Waals surface area contributed by atoms with Gasteiger partial charge in [0.1, 0.15) is 0 Å². The zero-order valence-corrected chi connectivity index (χ0v) is 33.7. The van der Waals surface area contributed by atoms with Crippen LogP contribution in [-0.2, 0) is 20.1 Å². The molecule has 0 aliphatic heterocycles. The van der Waals surface area contributed by atoms with Crippen LogP contribution in [-0.4, -0.2) is 18.0 Å². The van der Waals surface area contributed by atoms with E-state index in [2.05, 4.69) is 109 Å². The first-order valence-corrected chi connectivity index (χ1v) is 20.8. The number of hydrogen-bond acceptors (Lipinski definition) is 3. The summed E-state index contributed by atoms with van der Waals surface area (Å²) in [6, 6.07) is 39.6. The molecule has 251 valence electrons. The summed E-state index contributed by atoms with van der Waals surface area (Å²) in [6.45, 7) is 16.9. The van der Waals surface area contributed by atoms with Gasteiger partial charge in [0.05, 0.1) is 8.07 Å². The zero-order chi connectivity index (χ0) is 35.8. The van der Waals surface area contributed by atoms with E-state index in [1.807, 2.05) is 70.2 Å². The molecule has 0 fully saturated rings. The van der Waals surface area contributed by atoms with Gasteiger partial charge < -0.3 is 9.97 Å². The van der Waals surface area contributed by atoms with Gasteiger partial charge in [-0.25, -0.2) is 0 Å². The second-order valence-electron chi connectivity index (χ2n) is 13.8. The zero-order valence-electron chi connectivity index (χ0n) is 31.5. The summed E-state index contributed by atoms with van der Waals surface area (Å²) in [6.07, 6.45) is 3.84. The van der Waals surface area contributed by atoms with Gasteiger partial charge in [0.15, 0.2) is 0 Å². The van der Waals surface area contributed by atoms with E-state index in [1.54, 1.807) is 17.5 Å². The Kier molecular flexibility index (Phi) is 10.6. The van der Waals surface area contributed by atoms with E-state index in [0.29, 0.717) is 0 Å². The number of aryl methyl sites for hydroxylation is 1. The molecule has 3 aromatic heterocycles. The Balaban J connectivity index is 0.000000237. The third kappa shape index (κ3) is 8.03. The molecular formula is C44H44IrN2SSi-2. The predicted octanol–water partition coefficient (Wildman–Crippen LogP) is 12.2. The maximum absolute atomic E-state index is 8.67. The smallest absolute Gasteiger partial charge is 0.0798 e. The molecule has 2 nitrogen and oxygen atoms in total. The first-order chi connectivity index (χ1) is 23.6. The third-order valence-corrected chi connectivity index (χ3v) is 12.0. The minimum absolute atomic E-state index is 0. The van der Waals surface area contributed by atoms with Crippen LogP contribution in [0.1, 0.15) is 58.9 Å². The van der Waals surface area contributed by atoms with Crippen molar-refractivity contribution >= 4 is 44.8 Å². The number of thiophene rings is 1. The van der Waals surface area contributed by atoms with Gasteiger partial charge >= 0.3 is 0 Å². The summed E-state index contributed by atoms with van der Waals surface area (Å²) in [5.41, 5.74) is 9.48. The Labute approximate surface area is 313 Å². The summed E-state index contributed by atoms with van der Waals surface area (Å²) in [5.74, 6) is -1.39. The van der Waals surface area contributed by atoms with Crippen molar-refractivity contribution in [3.8, 4) is 33.6 Å². The van der Waals surface area contributed by atoms with Crippen molar-refractivity contribution in [3.63, 3.8) is 0 Å². The molecule has 4 aromatic carbocycles. The normalized spacial score (nSPS) is 12.5. The Morgan fingerprint density at radius 3 is 2.14 bits per heavy atom. The fraction of sp³-hybridized carbons (Fsp3) is 0.227. The maximum Gasteiger partial charge on any atom is 0.0798 e. The number of rotatable bonds is 6. The average Bonchev–Trinajstić information content (AvgIpc) is 3.47. The van der Waals surface area contributed by atoms with Gasteiger partial charge in [0, 0.05) is 39.9 Å². The van der Waals surface area contributed by atoms with E-state index in [9.17, 15) is 0 Å². The van der Waals surface area contributed by atoms with Crippen LogP contribution in [0.2, 0.25) is 19.6 Å². The van der Waals surface area contributed by atoms with Crippen molar-refractivity contribution in [1.82, 2.24) is 9.97 Å². The van der Waals surface area contributed by atoms with Crippen LogP contribution in [0, 0.1) is 19.1 Å². The molecule has 0 aliphatic carbocycles. The summed E-state index contributed by atoms with van der Waals surface area (Å²) in [5, 5.41) is 3.83. The van der Waals surface area contributed by atoms with Gasteiger partial charge in [0.25, 0.3) is 0 Å². The molecule has 0 saturated heterocycles. The van der Waals surface area contributed by atoms with Gasteiger partial charge in [-0.3, -0.25) is 0 Å². The number of nitrogens with zero attached hydrogens (tertiary/aromatic N) is 2. The van der Waals surface area contributed by atoms with Crippen molar-refractivity contribution in [1.29, 1.82) is 0 Å². The molecule has 7 rings (SSSR count). The van der Waals surface area contributed by atoms with Crippen LogP contribution in [0.15, 0.2) is 109 Å². The van der Waals surface area contributed by atoms with Gasteiger partial charge in [-0.05, 0) is 74.2 Å². The molecule has 0 atom stereocenters. The third-order valence-electron chi connectivity index (χ3n) is 8.69. The maximum atomic E-state index is 8.67. The van der Waals surface area contributed by atoms with Gasteiger partial charge in [0.2, 0.25) is 0 Å². The molecule has 0 saturated carbocycles. The predicted molar refractivity (Wildman–Crippen MR) is 211 cm³/mol. The Bertz CT molecular complexity index is 2280. The van der Waals surface area contributed by atoms with E-state index in [4.69, 9.17) is 2.74 Å². The van der Waals surface area contributed by atoms with Crippen LogP contribution >= 0.6 is 11.3 Å². The summed E-state index contributed by atoms with van der Waals surface area (Å²) < 4.78 is 19.4. The molecule has 0 bridgehead atoms. The molecule has 0 unspecified atom stereocenters. The van der Waals surface area contributed by atoms with E-state index >= 15 is 0 Å². The largest absolute Gasteiger partial charge is 0.305 e. The molecular weight excluding hydrogens is 809 g/mol. The molecule has 49 heavy (non-hydrogen) atoms. The second kappa shape index (κ2) is 15.4. The topological polar surface area (TPSA) is 25.8 Å². The van der Waals surface area contributed by atoms with Crippen LogP contribution in [0.5, 0.6) is 0 Å². The molecule has 0 aliphatic rings. The number of hydrogen-bond donors (Lipinski definition) is 0. The monoisotopic (exact) mass is 855 g/mol. The number of fused-ring (bicyclic) bond motifs is 3. The van der Waals surface area contributed by atoms with E-state index in [1.165, 1.54) is 26.2 Å². The van der Waals surface area contributed by atoms with E-state index < -0.39 is 19.9 Å². The molecule has 7 aromatic rings. The summed E-state index contributed by atoms with van der Waals surface area (Å²) in [7, 11) is -1.27. The van der Waals surface area contributed by atoms with Crippen LogP contribution < -0.4 is 5.19 Å². The Hall–Kier alpha value is -3.73. The van der Waals surface area contributed by atoms with E-state index in [-0.39, 0.29) is 20.1 Å². The van der Waals surface area contributed by atoms with Crippen molar-refractivity contribution < 1.29 is 22.8 Å². The second-order valence-corrected chi connectivity index (χ2v) is 19.9. The molecule has 1 radical (unpaired) electrons. The SMILES string of the molecule is Cc1cc(-c2[c-]cccc2)ncc1[Si](C)(C)C.[2H]C(C)(C)c1ccnc(-c2[c-]ccc3c2sc2cc(C([2H])(C)C)cc(-c4ccccc4)c23)c1.[Ir]. The van der Waals surface area contributed by atoms with Gasteiger partial charge in [-0.2, -0.15) is 11.3 Å². The Morgan fingerprint density at radius 2 is 1.49 bits per heavy atom. The number of benzene rings is 4. The van der Waals surface area contributed by atoms with Gasteiger partial charge in [-0.15, -0.1) is 59.7 Å². The summed E-state index contributed by atoms with van der Waals surface area (Å²) in [4.78, 5) is 9.22. The molecule has 0 amide bonds. The number of pyridine rings is 2.